The second-order valence-electron chi connectivity index (χ2n) is 3.09. The van der Waals surface area contributed by atoms with Crippen molar-refractivity contribution >= 4 is 11.8 Å². The maximum Gasteiger partial charge on any atom is 0.283 e. The maximum absolute atomic E-state index is 11.4. The fourth-order valence-corrected chi connectivity index (χ4v) is 1.24. The molecule has 2 amide bonds. The number of hydrogen-bond donors (Lipinski definition) is 0. The number of hydroxylamine groups is 2. The van der Waals surface area contributed by atoms with E-state index in [4.69, 9.17) is 9.47 Å². The minimum Gasteiger partial charge on any atom is -0.355 e. The SMILES string of the molecule is CCCOCOC1CC(=O)N(OC)C1=O. The Morgan fingerprint density at radius 3 is 2.73 bits per heavy atom. The van der Waals surface area contributed by atoms with Crippen LogP contribution >= 0.6 is 0 Å². The summed E-state index contributed by atoms with van der Waals surface area (Å²) in [5.41, 5.74) is 0. The summed E-state index contributed by atoms with van der Waals surface area (Å²) < 4.78 is 10.2. The normalized spacial score (nSPS) is 21.5. The lowest BCUT2D eigenvalue weighted by Gasteiger charge is -2.11. The fourth-order valence-electron chi connectivity index (χ4n) is 1.24. The Morgan fingerprint density at radius 2 is 2.20 bits per heavy atom. The van der Waals surface area contributed by atoms with Gasteiger partial charge in [0.25, 0.3) is 11.8 Å². The number of nitrogens with zero attached hydrogens (tertiary/aromatic N) is 1. The Morgan fingerprint density at radius 1 is 1.47 bits per heavy atom. The highest BCUT2D eigenvalue weighted by atomic mass is 16.7. The van der Waals surface area contributed by atoms with Crippen LogP contribution in [0.1, 0.15) is 19.8 Å². The largest absolute Gasteiger partial charge is 0.355 e. The first-order chi connectivity index (χ1) is 7.20. The topological polar surface area (TPSA) is 65.1 Å². The standard InChI is InChI=1S/C9H15NO5/c1-3-4-14-6-15-7-5-8(11)10(13-2)9(7)12/h7H,3-6H2,1-2H3. The van der Waals surface area contributed by atoms with Crippen molar-refractivity contribution in [2.45, 2.75) is 25.9 Å². The minimum atomic E-state index is -0.769. The quantitative estimate of drug-likeness (QED) is 0.358. The van der Waals surface area contributed by atoms with Gasteiger partial charge in [-0.3, -0.25) is 14.4 Å². The van der Waals surface area contributed by atoms with Crippen LogP contribution in [0.25, 0.3) is 0 Å². The number of carbonyl (C=O) groups is 2. The molecule has 15 heavy (non-hydrogen) atoms. The molecule has 1 aliphatic rings. The lowest BCUT2D eigenvalue weighted by molar-refractivity contribution is -0.184. The molecule has 1 fully saturated rings. The number of imide groups is 1. The van der Waals surface area contributed by atoms with Crippen LogP contribution in [0, 0.1) is 0 Å². The van der Waals surface area contributed by atoms with E-state index in [9.17, 15) is 9.59 Å². The highest BCUT2D eigenvalue weighted by molar-refractivity contribution is 6.03. The first-order valence-corrected chi connectivity index (χ1v) is 4.81. The van der Waals surface area contributed by atoms with E-state index >= 15 is 0 Å². The molecule has 86 valence electrons. The molecule has 0 N–H and O–H groups in total. The second kappa shape index (κ2) is 5.79. The van der Waals surface area contributed by atoms with Crippen molar-refractivity contribution in [3.05, 3.63) is 0 Å². The van der Waals surface area contributed by atoms with Crippen LogP contribution in [0.3, 0.4) is 0 Å². The third kappa shape index (κ3) is 2.98. The van der Waals surface area contributed by atoms with Gasteiger partial charge < -0.3 is 9.47 Å². The molecule has 0 aromatic rings. The van der Waals surface area contributed by atoms with Gasteiger partial charge in [0.1, 0.15) is 6.79 Å². The second-order valence-corrected chi connectivity index (χ2v) is 3.09. The Balaban J connectivity index is 2.32. The summed E-state index contributed by atoms with van der Waals surface area (Å²) in [6.07, 6.45) is 0.127. The smallest absolute Gasteiger partial charge is 0.283 e. The molecule has 0 aliphatic carbocycles. The fraction of sp³-hybridized carbons (Fsp3) is 0.778. The Labute approximate surface area is 88.0 Å². The molecule has 1 aliphatic heterocycles. The molecule has 1 heterocycles. The molecule has 0 aromatic carbocycles. The summed E-state index contributed by atoms with van der Waals surface area (Å²) in [5, 5.41) is 0.713. The van der Waals surface area contributed by atoms with Crippen molar-refractivity contribution in [2.24, 2.45) is 0 Å². The van der Waals surface area contributed by atoms with Crippen LogP contribution in [0.2, 0.25) is 0 Å². The van der Waals surface area contributed by atoms with Crippen molar-refractivity contribution in [1.29, 1.82) is 0 Å². The summed E-state index contributed by atoms with van der Waals surface area (Å²) in [5.74, 6) is -0.856. The van der Waals surface area contributed by atoms with E-state index in [0.29, 0.717) is 11.7 Å². The van der Waals surface area contributed by atoms with Gasteiger partial charge >= 0.3 is 0 Å². The van der Waals surface area contributed by atoms with Crippen molar-refractivity contribution in [2.75, 3.05) is 20.5 Å². The minimum absolute atomic E-state index is 0.0160. The lowest BCUT2D eigenvalue weighted by atomic mass is 10.3. The predicted octanol–water partition coefficient (Wildman–Crippen LogP) is 0.0760. The average molecular weight is 217 g/mol. The molecule has 1 atom stereocenters. The molecule has 6 nitrogen and oxygen atoms in total. The molecular weight excluding hydrogens is 202 g/mol. The third-order valence-electron chi connectivity index (χ3n) is 1.95. The van der Waals surface area contributed by atoms with E-state index in [1.807, 2.05) is 6.92 Å². The average Bonchev–Trinajstić information content (AvgIpc) is 2.49. The summed E-state index contributed by atoms with van der Waals surface area (Å²) in [6, 6.07) is 0. The Bertz CT molecular complexity index is 243. The van der Waals surface area contributed by atoms with Crippen molar-refractivity contribution in [1.82, 2.24) is 5.06 Å². The van der Waals surface area contributed by atoms with Crippen LogP contribution in [-0.4, -0.2) is 43.5 Å². The number of ether oxygens (including phenoxy) is 2. The molecule has 0 saturated carbocycles. The summed E-state index contributed by atoms with van der Waals surface area (Å²) in [7, 11) is 1.27. The molecule has 0 bridgehead atoms. The van der Waals surface area contributed by atoms with Gasteiger partial charge in [-0.05, 0) is 6.42 Å². The highest BCUT2D eigenvalue weighted by Gasteiger charge is 2.40. The molecule has 0 aromatic heterocycles. The third-order valence-corrected chi connectivity index (χ3v) is 1.95. The van der Waals surface area contributed by atoms with Crippen LogP contribution in [0.15, 0.2) is 0 Å². The lowest BCUT2D eigenvalue weighted by Crippen LogP contribution is -2.32. The van der Waals surface area contributed by atoms with Crippen LogP contribution in [0.5, 0.6) is 0 Å². The Kier molecular flexibility index (Phi) is 4.67. The van der Waals surface area contributed by atoms with E-state index in [2.05, 4.69) is 4.84 Å². The molecule has 1 rings (SSSR count). The van der Waals surface area contributed by atoms with Crippen molar-refractivity contribution in [3.63, 3.8) is 0 Å². The molecule has 1 unspecified atom stereocenters. The zero-order chi connectivity index (χ0) is 11.3. The van der Waals surface area contributed by atoms with Crippen molar-refractivity contribution in [3.8, 4) is 0 Å². The predicted molar refractivity (Wildman–Crippen MR) is 49.5 cm³/mol. The van der Waals surface area contributed by atoms with Gasteiger partial charge in [0.2, 0.25) is 0 Å². The summed E-state index contributed by atoms with van der Waals surface area (Å²) >= 11 is 0. The molecule has 0 spiro atoms. The van der Waals surface area contributed by atoms with Gasteiger partial charge in [0.15, 0.2) is 6.10 Å². The summed E-state index contributed by atoms with van der Waals surface area (Å²) in [6.45, 7) is 2.56. The first kappa shape index (κ1) is 12.1. The van der Waals surface area contributed by atoms with Crippen LogP contribution < -0.4 is 0 Å². The van der Waals surface area contributed by atoms with E-state index < -0.39 is 12.0 Å². The number of amides is 2. The van der Waals surface area contributed by atoms with Gasteiger partial charge in [-0.15, -0.1) is 0 Å². The summed E-state index contributed by atoms with van der Waals surface area (Å²) in [4.78, 5) is 27.2. The van der Waals surface area contributed by atoms with Gasteiger partial charge in [0.05, 0.1) is 13.5 Å². The van der Waals surface area contributed by atoms with Gasteiger partial charge in [0, 0.05) is 6.61 Å². The molecule has 0 radical (unpaired) electrons. The van der Waals surface area contributed by atoms with Gasteiger partial charge in [-0.2, -0.15) is 5.06 Å². The van der Waals surface area contributed by atoms with Gasteiger partial charge in [-0.25, -0.2) is 0 Å². The van der Waals surface area contributed by atoms with Crippen LogP contribution in [-0.2, 0) is 23.9 Å². The van der Waals surface area contributed by atoms with E-state index in [-0.39, 0.29) is 19.1 Å². The van der Waals surface area contributed by atoms with E-state index in [1.54, 1.807) is 0 Å². The zero-order valence-corrected chi connectivity index (χ0v) is 8.89. The number of rotatable bonds is 6. The van der Waals surface area contributed by atoms with E-state index in [1.165, 1.54) is 7.11 Å². The van der Waals surface area contributed by atoms with Crippen LogP contribution in [0.4, 0.5) is 0 Å². The zero-order valence-electron chi connectivity index (χ0n) is 8.89. The number of hydrogen-bond acceptors (Lipinski definition) is 5. The molecule has 1 saturated heterocycles. The highest BCUT2D eigenvalue weighted by Crippen LogP contribution is 2.15. The van der Waals surface area contributed by atoms with Gasteiger partial charge in [-0.1, -0.05) is 6.92 Å². The maximum atomic E-state index is 11.4. The Hall–Kier alpha value is -0.980. The van der Waals surface area contributed by atoms with Crippen molar-refractivity contribution < 1.29 is 23.9 Å². The number of carbonyl (C=O) groups excluding carboxylic acids is 2. The first-order valence-electron chi connectivity index (χ1n) is 4.81. The monoisotopic (exact) mass is 217 g/mol. The molecular formula is C9H15NO5. The van der Waals surface area contributed by atoms with E-state index in [0.717, 1.165) is 6.42 Å². The molecule has 6 heteroatoms.